The maximum absolute atomic E-state index is 11.9. The Morgan fingerprint density at radius 1 is 1.47 bits per heavy atom. The number of aromatic nitrogens is 1. The SMILES string of the molecule is CN(C)C(=O)c1cc(NCc2cnco2)ccc1Cl. The molecule has 0 saturated heterocycles. The lowest BCUT2D eigenvalue weighted by Gasteiger charge is -2.13. The molecule has 19 heavy (non-hydrogen) atoms. The molecule has 0 fully saturated rings. The maximum atomic E-state index is 11.9. The molecule has 100 valence electrons. The first kappa shape index (κ1) is 13.4. The van der Waals surface area contributed by atoms with Crippen molar-refractivity contribution in [1.29, 1.82) is 0 Å². The first-order valence-electron chi connectivity index (χ1n) is 5.70. The van der Waals surface area contributed by atoms with E-state index >= 15 is 0 Å². The summed E-state index contributed by atoms with van der Waals surface area (Å²) in [5.41, 5.74) is 1.26. The van der Waals surface area contributed by atoms with E-state index < -0.39 is 0 Å². The Morgan fingerprint density at radius 2 is 2.26 bits per heavy atom. The van der Waals surface area contributed by atoms with Gasteiger partial charge in [-0.25, -0.2) is 4.98 Å². The minimum atomic E-state index is -0.131. The number of amides is 1. The second-order valence-electron chi connectivity index (χ2n) is 4.22. The standard InChI is InChI=1S/C13H14ClN3O2/c1-17(2)13(18)11-5-9(3-4-12(11)14)16-7-10-6-15-8-19-10/h3-6,8,16H,7H2,1-2H3. The minimum absolute atomic E-state index is 0.131. The highest BCUT2D eigenvalue weighted by Crippen LogP contribution is 2.22. The highest BCUT2D eigenvalue weighted by atomic mass is 35.5. The van der Waals surface area contributed by atoms with Crippen molar-refractivity contribution >= 4 is 23.2 Å². The topological polar surface area (TPSA) is 58.4 Å². The molecule has 0 aliphatic carbocycles. The Kier molecular flexibility index (Phi) is 4.06. The molecule has 0 bridgehead atoms. The predicted octanol–water partition coefficient (Wildman–Crippen LogP) is 2.64. The van der Waals surface area contributed by atoms with Crippen molar-refractivity contribution in [2.75, 3.05) is 19.4 Å². The van der Waals surface area contributed by atoms with Crippen LogP contribution >= 0.6 is 11.6 Å². The van der Waals surface area contributed by atoms with Gasteiger partial charge in [0.05, 0.1) is 23.3 Å². The van der Waals surface area contributed by atoms with Crippen molar-refractivity contribution < 1.29 is 9.21 Å². The highest BCUT2D eigenvalue weighted by molar-refractivity contribution is 6.34. The normalized spacial score (nSPS) is 10.3. The summed E-state index contributed by atoms with van der Waals surface area (Å²) in [5.74, 6) is 0.587. The summed E-state index contributed by atoms with van der Waals surface area (Å²) in [5, 5.41) is 3.58. The molecule has 1 aromatic carbocycles. The number of nitrogens with one attached hydrogen (secondary N) is 1. The van der Waals surface area contributed by atoms with E-state index in [9.17, 15) is 4.79 Å². The summed E-state index contributed by atoms with van der Waals surface area (Å²) >= 11 is 6.03. The molecule has 0 saturated carbocycles. The first-order valence-corrected chi connectivity index (χ1v) is 6.08. The minimum Gasteiger partial charge on any atom is -0.447 e. The van der Waals surface area contributed by atoms with Crippen molar-refractivity contribution in [1.82, 2.24) is 9.88 Å². The van der Waals surface area contributed by atoms with Crippen LogP contribution in [0.4, 0.5) is 5.69 Å². The average Bonchev–Trinajstić information content (AvgIpc) is 2.90. The molecule has 1 aromatic heterocycles. The molecule has 2 aromatic rings. The Labute approximate surface area is 116 Å². The van der Waals surface area contributed by atoms with Crippen LogP contribution in [0, 0.1) is 0 Å². The Balaban J connectivity index is 2.14. The quantitative estimate of drug-likeness (QED) is 0.935. The molecular formula is C13H14ClN3O2. The number of carbonyl (C=O) groups is 1. The van der Waals surface area contributed by atoms with Crippen molar-refractivity contribution in [3.8, 4) is 0 Å². The van der Waals surface area contributed by atoms with E-state index in [1.165, 1.54) is 11.3 Å². The zero-order valence-corrected chi connectivity index (χ0v) is 11.4. The van der Waals surface area contributed by atoms with Gasteiger partial charge in [-0.1, -0.05) is 11.6 Å². The molecule has 1 heterocycles. The van der Waals surface area contributed by atoms with E-state index in [4.69, 9.17) is 16.0 Å². The number of rotatable bonds is 4. The van der Waals surface area contributed by atoms with Gasteiger partial charge in [-0.15, -0.1) is 0 Å². The van der Waals surface area contributed by atoms with Gasteiger partial charge < -0.3 is 14.6 Å². The molecule has 5 nitrogen and oxygen atoms in total. The van der Waals surface area contributed by atoms with Crippen LogP contribution in [0.2, 0.25) is 5.02 Å². The fraction of sp³-hybridized carbons (Fsp3) is 0.231. The lowest BCUT2D eigenvalue weighted by molar-refractivity contribution is 0.0828. The molecule has 0 spiro atoms. The average molecular weight is 280 g/mol. The zero-order chi connectivity index (χ0) is 13.8. The van der Waals surface area contributed by atoms with Gasteiger partial charge in [0.25, 0.3) is 5.91 Å². The summed E-state index contributed by atoms with van der Waals surface area (Å²) in [4.78, 5) is 17.3. The molecule has 1 amide bonds. The van der Waals surface area contributed by atoms with Gasteiger partial charge in [0.15, 0.2) is 6.39 Å². The Bertz CT molecular complexity index is 567. The van der Waals surface area contributed by atoms with Crippen molar-refractivity contribution in [2.24, 2.45) is 0 Å². The number of anilines is 1. The number of nitrogens with zero attached hydrogens (tertiary/aromatic N) is 2. The van der Waals surface area contributed by atoms with E-state index in [0.717, 1.165) is 11.4 Å². The summed E-state index contributed by atoms with van der Waals surface area (Å²) in [7, 11) is 3.38. The molecular weight excluding hydrogens is 266 g/mol. The number of hydrogen-bond acceptors (Lipinski definition) is 4. The van der Waals surface area contributed by atoms with Gasteiger partial charge in [0.1, 0.15) is 5.76 Å². The van der Waals surface area contributed by atoms with Crippen LogP contribution < -0.4 is 5.32 Å². The monoisotopic (exact) mass is 279 g/mol. The second-order valence-corrected chi connectivity index (χ2v) is 4.62. The third-order valence-electron chi connectivity index (χ3n) is 2.55. The van der Waals surface area contributed by atoms with E-state index in [1.54, 1.807) is 32.4 Å². The van der Waals surface area contributed by atoms with E-state index in [1.807, 2.05) is 6.07 Å². The first-order chi connectivity index (χ1) is 9.08. The molecule has 0 unspecified atom stereocenters. The summed E-state index contributed by atoms with van der Waals surface area (Å²) in [6.45, 7) is 0.497. The summed E-state index contributed by atoms with van der Waals surface area (Å²) in [6, 6.07) is 5.23. The van der Waals surface area contributed by atoms with Gasteiger partial charge in [-0.3, -0.25) is 4.79 Å². The van der Waals surface area contributed by atoms with Crippen molar-refractivity contribution in [3.05, 3.63) is 47.1 Å². The summed E-state index contributed by atoms with van der Waals surface area (Å²) in [6.07, 6.45) is 3.01. The Hall–Kier alpha value is -2.01. The molecule has 0 atom stereocenters. The third kappa shape index (κ3) is 3.26. The molecule has 6 heteroatoms. The largest absolute Gasteiger partial charge is 0.447 e. The fourth-order valence-electron chi connectivity index (χ4n) is 1.56. The lowest BCUT2D eigenvalue weighted by Crippen LogP contribution is -2.22. The van der Waals surface area contributed by atoms with Crippen molar-refractivity contribution in [2.45, 2.75) is 6.54 Å². The van der Waals surface area contributed by atoms with Gasteiger partial charge >= 0.3 is 0 Å². The lowest BCUT2D eigenvalue weighted by atomic mass is 10.1. The van der Waals surface area contributed by atoms with Crippen LogP contribution in [0.3, 0.4) is 0 Å². The summed E-state index contributed by atoms with van der Waals surface area (Å²) < 4.78 is 5.12. The predicted molar refractivity (Wildman–Crippen MR) is 73.3 cm³/mol. The van der Waals surface area contributed by atoms with Crippen LogP contribution in [-0.4, -0.2) is 29.9 Å². The van der Waals surface area contributed by atoms with Crippen LogP contribution in [0.15, 0.2) is 35.2 Å². The van der Waals surface area contributed by atoms with E-state index in [0.29, 0.717) is 17.1 Å². The van der Waals surface area contributed by atoms with Gasteiger partial charge in [0.2, 0.25) is 0 Å². The van der Waals surface area contributed by atoms with Crippen molar-refractivity contribution in [3.63, 3.8) is 0 Å². The molecule has 0 aliphatic rings. The molecule has 0 radical (unpaired) electrons. The molecule has 2 rings (SSSR count). The van der Waals surface area contributed by atoms with Crippen LogP contribution in [0.25, 0.3) is 0 Å². The smallest absolute Gasteiger partial charge is 0.254 e. The third-order valence-corrected chi connectivity index (χ3v) is 2.88. The zero-order valence-electron chi connectivity index (χ0n) is 10.7. The number of carbonyl (C=O) groups excluding carboxylic acids is 1. The van der Waals surface area contributed by atoms with Gasteiger partial charge in [-0.05, 0) is 18.2 Å². The number of benzene rings is 1. The van der Waals surface area contributed by atoms with E-state index in [2.05, 4.69) is 10.3 Å². The number of oxazole rings is 1. The Morgan fingerprint density at radius 3 is 2.89 bits per heavy atom. The van der Waals surface area contributed by atoms with Gasteiger partial charge in [0, 0.05) is 19.8 Å². The second kappa shape index (κ2) is 5.75. The van der Waals surface area contributed by atoms with Gasteiger partial charge in [-0.2, -0.15) is 0 Å². The number of halogens is 1. The molecule has 0 aliphatic heterocycles. The number of hydrogen-bond donors (Lipinski definition) is 1. The van der Waals surface area contributed by atoms with Crippen LogP contribution in [-0.2, 0) is 6.54 Å². The maximum Gasteiger partial charge on any atom is 0.254 e. The van der Waals surface area contributed by atoms with Crippen LogP contribution in [0.1, 0.15) is 16.1 Å². The van der Waals surface area contributed by atoms with E-state index in [-0.39, 0.29) is 5.91 Å². The fourth-order valence-corrected chi connectivity index (χ4v) is 1.76. The van der Waals surface area contributed by atoms with Crippen LogP contribution in [0.5, 0.6) is 0 Å². The molecule has 1 N–H and O–H groups in total. The highest BCUT2D eigenvalue weighted by Gasteiger charge is 2.13.